The Morgan fingerprint density at radius 1 is 0.976 bits per heavy atom. The number of alkyl carbamates (subject to hydrolysis) is 1. The quantitative estimate of drug-likeness (QED) is 0.307. The van der Waals surface area contributed by atoms with Crippen LogP contribution >= 0.6 is 0 Å². The molecule has 8 nitrogen and oxygen atoms in total. The number of fused-ring (bicyclic) bond motifs is 1. The van der Waals surface area contributed by atoms with Gasteiger partial charge in [-0.05, 0) is 86.3 Å². The lowest BCUT2D eigenvalue weighted by Gasteiger charge is -2.53. The van der Waals surface area contributed by atoms with Crippen molar-refractivity contribution in [3.05, 3.63) is 71.9 Å². The Bertz CT molecular complexity index is 1470. The first-order valence-electron chi connectivity index (χ1n) is 14.9. The van der Waals surface area contributed by atoms with Crippen molar-refractivity contribution in [3.8, 4) is 0 Å². The number of carboxylic acid groups (broad SMARTS) is 1. The second kappa shape index (κ2) is 9.64. The normalized spacial score (nSPS) is 32.7. The van der Waals surface area contributed by atoms with E-state index in [9.17, 15) is 19.5 Å². The Morgan fingerprint density at radius 3 is 2.32 bits per heavy atom. The summed E-state index contributed by atoms with van der Waals surface area (Å²) in [6.45, 7) is 1.66. The van der Waals surface area contributed by atoms with E-state index in [-0.39, 0.29) is 18.4 Å². The summed E-state index contributed by atoms with van der Waals surface area (Å²) < 4.78 is 6.11. The number of carbonyl (C=O) groups is 3. The van der Waals surface area contributed by atoms with Crippen LogP contribution in [-0.2, 0) is 20.7 Å². The van der Waals surface area contributed by atoms with Gasteiger partial charge < -0.3 is 25.5 Å². The Labute approximate surface area is 239 Å². The number of amides is 2. The van der Waals surface area contributed by atoms with Gasteiger partial charge in [0.2, 0.25) is 5.91 Å². The molecule has 214 valence electrons. The van der Waals surface area contributed by atoms with Crippen LogP contribution in [0, 0.1) is 23.7 Å². The molecule has 3 aromatic rings. The average Bonchev–Trinajstić information content (AvgIpc) is 3.56. The molecule has 0 spiro atoms. The summed E-state index contributed by atoms with van der Waals surface area (Å²) in [5.74, 6) is 0.319. The minimum Gasteiger partial charge on any atom is -0.479 e. The average molecular weight is 556 g/mol. The minimum atomic E-state index is -1.44. The van der Waals surface area contributed by atoms with Crippen LogP contribution in [0.5, 0.6) is 0 Å². The fraction of sp³-hybridized carbons (Fsp3) is 0.485. The van der Waals surface area contributed by atoms with Gasteiger partial charge in [0.25, 0.3) is 0 Å². The third-order valence-electron chi connectivity index (χ3n) is 10.4. The lowest BCUT2D eigenvalue weighted by Crippen LogP contribution is -2.62. The van der Waals surface area contributed by atoms with Gasteiger partial charge in [0.05, 0.1) is 0 Å². The van der Waals surface area contributed by atoms with Crippen LogP contribution in [0.3, 0.4) is 0 Å². The summed E-state index contributed by atoms with van der Waals surface area (Å²) in [5.41, 5.74) is -0.224. The molecule has 5 aliphatic carbocycles. The van der Waals surface area contributed by atoms with E-state index in [1.54, 1.807) is 6.92 Å². The summed E-state index contributed by atoms with van der Waals surface area (Å²) in [7, 11) is 0. The van der Waals surface area contributed by atoms with Crippen molar-refractivity contribution in [3.63, 3.8) is 0 Å². The van der Waals surface area contributed by atoms with Crippen molar-refractivity contribution in [2.75, 3.05) is 0 Å². The van der Waals surface area contributed by atoms with Crippen LogP contribution in [0.25, 0.3) is 10.9 Å². The van der Waals surface area contributed by atoms with Crippen LogP contribution in [0.1, 0.15) is 62.5 Å². The Balaban J connectivity index is 1.14. The minimum absolute atomic E-state index is 0.126. The Kier molecular flexibility index (Phi) is 6.14. The number of hydrogen-bond donors (Lipinski definition) is 4. The zero-order valence-corrected chi connectivity index (χ0v) is 23.3. The summed E-state index contributed by atoms with van der Waals surface area (Å²) in [4.78, 5) is 43.4. The topological polar surface area (TPSA) is 121 Å². The second-order valence-electron chi connectivity index (χ2n) is 13.2. The molecule has 1 heterocycles. The fourth-order valence-electron chi connectivity index (χ4n) is 8.41. The van der Waals surface area contributed by atoms with E-state index >= 15 is 0 Å². The zero-order chi connectivity index (χ0) is 28.4. The van der Waals surface area contributed by atoms with Gasteiger partial charge in [-0.2, -0.15) is 0 Å². The Hall–Kier alpha value is -3.81. The number of ether oxygens (including phenoxy) is 1. The molecular weight excluding hydrogens is 518 g/mol. The molecule has 3 atom stereocenters. The molecule has 0 aliphatic heterocycles. The molecule has 0 saturated heterocycles. The van der Waals surface area contributed by atoms with Gasteiger partial charge in [-0.3, -0.25) is 4.79 Å². The van der Waals surface area contributed by atoms with Crippen LogP contribution in [0.15, 0.2) is 60.8 Å². The van der Waals surface area contributed by atoms with E-state index in [4.69, 9.17) is 4.74 Å². The van der Waals surface area contributed by atoms with Gasteiger partial charge in [0.1, 0.15) is 17.2 Å². The second-order valence-corrected chi connectivity index (χ2v) is 13.2. The van der Waals surface area contributed by atoms with Crippen LogP contribution in [0.4, 0.5) is 4.79 Å². The highest BCUT2D eigenvalue weighted by atomic mass is 16.6. The molecule has 5 fully saturated rings. The maximum atomic E-state index is 14.1. The molecule has 2 amide bonds. The standard InChI is InChI=1S/C33H37N3O5/c1-32(16-24-18-34-27-10-6-5-9-25(24)27,29(37)35-33(30(38)39)17-26(33)21-7-3-2-4-8-21)36-31(40)41-28-22-12-19-11-20(14-22)15-23(28)13-19/h2-10,18-20,22-23,26,28,34H,11-17H2,1H3,(H,35,37)(H,36,40)(H,38,39)/t19?,20?,22?,23?,26-,28?,32+,33-/m0/s1. The van der Waals surface area contributed by atoms with Gasteiger partial charge >= 0.3 is 12.1 Å². The number of H-pyrrole nitrogens is 1. The van der Waals surface area contributed by atoms with Gasteiger partial charge in [0.15, 0.2) is 0 Å². The number of aromatic amines is 1. The predicted molar refractivity (Wildman–Crippen MR) is 153 cm³/mol. The molecule has 1 aromatic heterocycles. The maximum Gasteiger partial charge on any atom is 0.408 e. The SMILES string of the molecule is C[C@](Cc1c[nH]c2ccccc12)(NC(=O)OC1C2CC3CC(C2)CC1C3)C(=O)N[C@@]1(C(=O)O)C[C@H]1c1ccccc1. The molecule has 5 saturated carbocycles. The largest absolute Gasteiger partial charge is 0.479 e. The van der Waals surface area contributed by atoms with E-state index in [2.05, 4.69) is 15.6 Å². The van der Waals surface area contributed by atoms with Crippen LogP contribution < -0.4 is 10.6 Å². The lowest BCUT2D eigenvalue weighted by atomic mass is 9.55. The van der Waals surface area contributed by atoms with Crippen molar-refractivity contribution >= 4 is 28.9 Å². The summed E-state index contributed by atoms with van der Waals surface area (Å²) in [6.07, 6.45) is 7.33. The number of para-hydroxylation sites is 1. The monoisotopic (exact) mass is 555 g/mol. The number of hydrogen-bond acceptors (Lipinski definition) is 4. The van der Waals surface area contributed by atoms with Gasteiger partial charge in [0, 0.05) is 29.4 Å². The number of aliphatic carboxylic acids is 1. The van der Waals surface area contributed by atoms with Crippen molar-refractivity contribution < 1.29 is 24.2 Å². The van der Waals surface area contributed by atoms with Crippen LogP contribution in [0.2, 0.25) is 0 Å². The number of benzene rings is 2. The van der Waals surface area contributed by atoms with Gasteiger partial charge in [-0.15, -0.1) is 0 Å². The first kappa shape index (κ1) is 26.1. The molecule has 0 radical (unpaired) electrons. The molecule has 5 aliphatic rings. The highest BCUT2D eigenvalue weighted by Crippen LogP contribution is 2.55. The van der Waals surface area contributed by atoms with Crippen molar-refractivity contribution in [2.45, 2.75) is 75.0 Å². The third-order valence-corrected chi connectivity index (χ3v) is 10.4. The number of carbonyl (C=O) groups excluding carboxylic acids is 2. The molecule has 41 heavy (non-hydrogen) atoms. The number of nitrogens with one attached hydrogen (secondary N) is 3. The molecule has 4 N–H and O–H groups in total. The van der Waals surface area contributed by atoms with Crippen molar-refractivity contribution in [1.29, 1.82) is 0 Å². The molecule has 4 bridgehead atoms. The van der Waals surface area contributed by atoms with E-state index < -0.39 is 29.0 Å². The number of aromatic nitrogens is 1. The van der Waals surface area contributed by atoms with Gasteiger partial charge in [-0.1, -0.05) is 48.5 Å². The molecular formula is C33H37N3O5. The molecule has 8 rings (SSSR count). The predicted octanol–water partition coefficient (Wildman–Crippen LogP) is 5.15. The van der Waals surface area contributed by atoms with E-state index in [1.807, 2.05) is 60.8 Å². The zero-order valence-electron chi connectivity index (χ0n) is 23.3. The number of rotatable bonds is 8. The number of carboxylic acids is 1. The summed E-state index contributed by atoms with van der Waals surface area (Å²) in [6, 6.07) is 17.2. The fourth-order valence-corrected chi connectivity index (χ4v) is 8.41. The van der Waals surface area contributed by atoms with Crippen molar-refractivity contribution in [1.82, 2.24) is 15.6 Å². The summed E-state index contributed by atoms with van der Waals surface area (Å²) in [5, 5.41) is 17.0. The van der Waals surface area contributed by atoms with E-state index in [1.165, 1.54) is 6.42 Å². The lowest BCUT2D eigenvalue weighted by molar-refractivity contribution is -0.144. The molecule has 0 unspecified atom stereocenters. The maximum absolute atomic E-state index is 14.1. The summed E-state index contributed by atoms with van der Waals surface area (Å²) >= 11 is 0. The first-order chi connectivity index (χ1) is 19.7. The van der Waals surface area contributed by atoms with E-state index in [0.29, 0.717) is 18.3 Å². The van der Waals surface area contributed by atoms with Gasteiger partial charge in [-0.25, -0.2) is 9.59 Å². The highest BCUT2D eigenvalue weighted by Gasteiger charge is 2.63. The Morgan fingerprint density at radius 2 is 1.63 bits per heavy atom. The first-order valence-corrected chi connectivity index (χ1v) is 14.9. The molecule has 8 heteroatoms. The highest BCUT2D eigenvalue weighted by molar-refractivity contribution is 5.97. The molecule has 2 aromatic carbocycles. The van der Waals surface area contributed by atoms with Crippen molar-refractivity contribution in [2.24, 2.45) is 23.7 Å². The smallest absolute Gasteiger partial charge is 0.408 e. The third kappa shape index (κ3) is 4.57. The van der Waals surface area contributed by atoms with Crippen LogP contribution in [-0.4, -0.2) is 45.2 Å². The van der Waals surface area contributed by atoms with E-state index in [0.717, 1.165) is 59.5 Å².